The topological polar surface area (TPSA) is 44.8 Å². The maximum absolute atomic E-state index is 13.9. The van der Waals surface area contributed by atoms with Crippen LogP contribution in [0.3, 0.4) is 0 Å². The number of ether oxygens (including phenoxy) is 3. The van der Waals surface area contributed by atoms with Gasteiger partial charge in [0.2, 0.25) is 0 Å². The van der Waals surface area contributed by atoms with Gasteiger partial charge in [0.1, 0.15) is 17.2 Å². The summed E-state index contributed by atoms with van der Waals surface area (Å²) in [4.78, 5) is 12.8. The number of carbonyl (C=O) groups is 1. The van der Waals surface area contributed by atoms with Crippen LogP contribution in [-0.2, 0) is 6.18 Å². The van der Waals surface area contributed by atoms with E-state index < -0.39 is 17.7 Å². The fourth-order valence-corrected chi connectivity index (χ4v) is 5.17. The van der Waals surface area contributed by atoms with Crippen molar-refractivity contribution in [2.75, 3.05) is 6.61 Å². The van der Waals surface area contributed by atoms with Crippen molar-refractivity contribution in [3.63, 3.8) is 0 Å². The third-order valence-corrected chi connectivity index (χ3v) is 7.83. The molecule has 3 aromatic carbocycles. The van der Waals surface area contributed by atoms with Gasteiger partial charge >= 0.3 is 12.1 Å². The molecule has 0 radical (unpaired) electrons. The zero-order chi connectivity index (χ0) is 32.5. The fourth-order valence-electron chi connectivity index (χ4n) is 5.17. The second-order valence-electron chi connectivity index (χ2n) is 11.7. The number of carbonyl (C=O) groups excluding carboxylic acids is 1. The van der Waals surface area contributed by atoms with Crippen LogP contribution in [0.2, 0.25) is 0 Å². The summed E-state index contributed by atoms with van der Waals surface area (Å²) >= 11 is 0. The quantitative estimate of drug-likeness (QED) is 0.0711. The van der Waals surface area contributed by atoms with Gasteiger partial charge < -0.3 is 14.2 Å². The van der Waals surface area contributed by atoms with Crippen LogP contribution in [0.4, 0.5) is 13.2 Å². The van der Waals surface area contributed by atoms with Gasteiger partial charge in [-0.3, -0.25) is 0 Å². The molecule has 45 heavy (non-hydrogen) atoms. The highest BCUT2D eigenvalue weighted by Gasteiger charge is 2.36. The fraction of sp³-hybridized carbons (Fsp3) is 0.500. The second-order valence-corrected chi connectivity index (χ2v) is 11.7. The Labute approximate surface area is 267 Å². The smallest absolute Gasteiger partial charge is 0.419 e. The SMILES string of the molecule is CCCCCCCCCCOc1ccc(-c2ccc(OC(=O)c3ccc(O[C@@H](C)CCCCCC)c(C(F)(F)F)c3)cc2)cc1. The standard InChI is InChI=1S/C38H49F3O4/c1-4-6-8-10-11-12-13-15-27-43-33-22-17-30(18-23-33)31-19-24-34(25-20-31)45-37(42)32-21-26-36(35(28-32)38(39,40)41)44-29(3)16-14-9-7-5-2/h17-26,28-29H,4-16,27H2,1-3H3/t29-/m0/s1. The molecule has 0 bridgehead atoms. The van der Waals surface area contributed by atoms with Gasteiger partial charge in [-0.05, 0) is 79.8 Å². The predicted octanol–water partition coefficient (Wildman–Crippen LogP) is 11.8. The molecule has 4 nitrogen and oxygen atoms in total. The molecule has 0 saturated heterocycles. The molecular formula is C38H49F3O4. The molecule has 0 saturated carbocycles. The molecule has 246 valence electrons. The first-order chi connectivity index (χ1) is 21.7. The third kappa shape index (κ3) is 12.8. The highest BCUT2D eigenvalue weighted by Crippen LogP contribution is 2.38. The normalized spacial score (nSPS) is 12.1. The summed E-state index contributed by atoms with van der Waals surface area (Å²) in [6, 6.07) is 18.0. The Balaban J connectivity index is 1.51. The molecule has 0 heterocycles. The molecule has 0 fully saturated rings. The van der Waals surface area contributed by atoms with Gasteiger partial charge in [0.15, 0.2) is 0 Å². The van der Waals surface area contributed by atoms with Gasteiger partial charge in [0.05, 0.1) is 23.8 Å². The summed E-state index contributed by atoms with van der Waals surface area (Å²) in [6.07, 6.45) is 9.73. The second kappa shape index (κ2) is 19.1. The van der Waals surface area contributed by atoms with Crippen LogP contribution in [-0.4, -0.2) is 18.7 Å². The molecule has 0 spiro atoms. The first-order valence-electron chi connectivity index (χ1n) is 16.6. The number of rotatable bonds is 20. The van der Waals surface area contributed by atoms with Crippen molar-refractivity contribution in [1.29, 1.82) is 0 Å². The number of benzene rings is 3. The van der Waals surface area contributed by atoms with Crippen molar-refractivity contribution in [1.82, 2.24) is 0 Å². The van der Waals surface area contributed by atoms with Crippen molar-refractivity contribution in [3.05, 3.63) is 77.9 Å². The molecular weight excluding hydrogens is 577 g/mol. The predicted molar refractivity (Wildman–Crippen MR) is 175 cm³/mol. The van der Waals surface area contributed by atoms with Gasteiger partial charge in [-0.1, -0.05) is 102 Å². The van der Waals surface area contributed by atoms with Gasteiger partial charge in [0.25, 0.3) is 0 Å². The van der Waals surface area contributed by atoms with Crippen molar-refractivity contribution >= 4 is 5.97 Å². The van der Waals surface area contributed by atoms with Crippen LogP contribution in [0.15, 0.2) is 66.7 Å². The minimum absolute atomic E-state index is 0.197. The number of alkyl halides is 3. The van der Waals surface area contributed by atoms with E-state index in [4.69, 9.17) is 14.2 Å². The van der Waals surface area contributed by atoms with E-state index >= 15 is 0 Å². The average molecular weight is 627 g/mol. The molecule has 1 atom stereocenters. The Morgan fingerprint density at radius 1 is 0.689 bits per heavy atom. The van der Waals surface area contributed by atoms with Gasteiger partial charge in [-0.15, -0.1) is 0 Å². The van der Waals surface area contributed by atoms with Crippen molar-refractivity contribution in [2.24, 2.45) is 0 Å². The van der Waals surface area contributed by atoms with E-state index in [2.05, 4.69) is 13.8 Å². The van der Waals surface area contributed by atoms with Crippen LogP contribution >= 0.6 is 0 Å². The average Bonchev–Trinajstić information content (AvgIpc) is 3.02. The lowest BCUT2D eigenvalue weighted by Crippen LogP contribution is -2.17. The van der Waals surface area contributed by atoms with Crippen molar-refractivity contribution < 1.29 is 32.2 Å². The molecule has 0 N–H and O–H groups in total. The lowest BCUT2D eigenvalue weighted by Gasteiger charge is -2.19. The summed E-state index contributed by atoms with van der Waals surface area (Å²) in [6.45, 7) is 6.80. The van der Waals surface area contributed by atoms with Gasteiger partial charge in [0, 0.05) is 0 Å². The Hall–Kier alpha value is -3.48. The number of halogens is 3. The molecule has 0 aliphatic heterocycles. The summed E-state index contributed by atoms with van der Waals surface area (Å²) in [5.74, 6) is -0.0895. The zero-order valence-corrected chi connectivity index (χ0v) is 27.1. The number of unbranched alkanes of at least 4 members (excludes halogenated alkanes) is 10. The summed E-state index contributed by atoms with van der Waals surface area (Å²) in [5, 5.41) is 0. The van der Waals surface area contributed by atoms with Gasteiger partial charge in [-0.25, -0.2) is 4.79 Å². The molecule has 0 aliphatic carbocycles. The van der Waals surface area contributed by atoms with Gasteiger partial charge in [-0.2, -0.15) is 13.2 Å². The van der Waals surface area contributed by atoms with E-state index in [-0.39, 0.29) is 23.2 Å². The first-order valence-corrected chi connectivity index (χ1v) is 16.6. The number of hydrogen-bond donors (Lipinski definition) is 0. The Morgan fingerprint density at radius 2 is 1.22 bits per heavy atom. The Kier molecular flexibility index (Phi) is 15.3. The minimum atomic E-state index is -4.68. The summed E-state index contributed by atoms with van der Waals surface area (Å²) in [7, 11) is 0. The van der Waals surface area contributed by atoms with Crippen LogP contribution in [0.5, 0.6) is 17.2 Å². The largest absolute Gasteiger partial charge is 0.494 e. The van der Waals surface area contributed by atoms with Crippen molar-refractivity contribution in [2.45, 2.75) is 117 Å². The summed E-state index contributed by atoms with van der Waals surface area (Å²) < 4.78 is 58.5. The van der Waals surface area contributed by atoms with Crippen LogP contribution in [0.25, 0.3) is 11.1 Å². The monoisotopic (exact) mass is 626 g/mol. The minimum Gasteiger partial charge on any atom is -0.494 e. The maximum atomic E-state index is 13.9. The highest BCUT2D eigenvalue weighted by atomic mass is 19.4. The first kappa shape index (κ1) is 36.0. The molecule has 3 aromatic rings. The van der Waals surface area contributed by atoms with E-state index in [1.54, 1.807) is 31.2 Å². The molecule has 0 aromatic heterocycles. The Bertz CT molecular complexity index is 1270. The number of esters is 1. The van der Waals surface area contributed by atoms with E-state index in [0.29, 0.717) is 13.0 Å². The molecule has 7 heteroatoms. The van der Waals surface area contributed by atoms with Crippen LogP contribution in [0, 0.1) is 0 Å². The molecule has 0 unspecified atom stereocenters. The van der Waals surface area contributed by atoms with E-state index in [9.17, 15) is 18.0 Å². The molecule has 0 aliphatic rings. The highest BCUT2D eigenvalue weighted by molar-refractivity contribution is 5.91. The Morgan fingerprint density at radius 3 is 1.80 bits per heavy atom. The molecule has 0 amide bonds. The lowest BCUT2D eigenvalue weighted by atomic mass is 10.1. The molecule has 3 rings (SSSR count). The van der Waals surface area contributed by atoms with Crippen LogP contribution < -0.4 is 14.2 Å². The van der Waals surface area contributed by atoms with Crippen LogP contribution in [0.1, 0.15) is 120 Å². The van der Waals surface area contributed by atoms with E-state index in [0.717, 1.165) is 55.0 Å². The maximum Gasteiger partial charge on any atom is 0.419 e. The third-order valence-electron chi connectivity index (χ3n) is 7.83. The van der Waals surface area contributed by atoms with E-state index in [1.807, 2.05) is 24.3 Å². The number of hydrogen-bond acceptors (Lipinski definition) is 4. The zero-order valence-electron chi connectivity index (χ0n) is 27.1. The lowest BCUT2D eigenvalue weighted by molar-refractivity contribution is -0.139. The van der Waals surface area contributed by atoms with Crippen molar-refractivity contribution in [3.8, 4) is 28.4 Å². The van der Waals surface area contributed by atoms with E-state index in [1.165, 1.54) is 57.1 Å². The summed E-state index contributed by atoms with van der Waals surface area (Å²) in [5.41, 5.74) is 0.696.